The quantitative estimate of drug-likeness (QED) is 0.879. The van der Waals surface area contributed by atoms with E-state index in [-0.39, 0.29) is 11.7 Å². The normalized spacial score (nSPS) is 12.8. The second-order valence-electron chi connectivity index (χ2n) is 5.50. The molecule has 0 atom stereocenters. The lowest BCUT2D eigenvalue weighted by Crippen LogP contribution is -2.26. The summed E-state index contributed by atoms with van der Waals surface area (Å²) in [4.78, 5) is 28.1. The van der Waals surface area contributed by atoms with Crippen LogP contribution in [0.4, 0.5) is 0 Å². The van der Waals surface area contributed by atoms with E-state index in [0.717, 1.165) is 11.3 Å². The highest BCUT2D eigenvalue weighted by Crippen LogP contribution is 2.31. The van der Waals surface area contributed by atoms with Crippen LogP contribution in [-0.4, -0.2) is 41.8 Å². The van der Waals surface area contributed by atoms with Crippen molar-refractivity contribution in [2.45, 2.75) is 13.5 Å². The number of benzene rings is 1. The number of hydrogen-bond acceptors (Lipinski definition) is 4. The van der Waals surface area contributed by atoms with E-state index in [0.29, 0.717) is 36.8 Å². The lowest BCUT2D eigenvalue weighted by molar-refractivity contribution is 0.0779. The fraction of sp³-hybridized carbons (Fsp3) is 0.294. The van der Waals surface area contributed by atoms with Gasteiger partial charge < -0.3 is 19.4 Å². The van der Waals surface area contributed by atoms with E-state index in [1.54, 1.807) is 24.2 Å². The summed E-state index contributed by atoms with van der Waals surface area (Å²) in [6.45, 7) is 2.98. The van der Waals surface area contributed by atoms with Crippen LogP contribution in [0.5, 0.6) is 11.5 Å². The number of H-pyrrole nitrogens is 1. The Kier molecular flexibility index (Phi) is 4.06. The van der Waals surface area contributed by atoms with Gasteiger partial charge in [-0.3, -0.25) is 9.59 Å². The summed E-state index contributed by atoms with van der Waals surface area (Å²) in [5.74, 6) is 1.18. The monoisotopic (exact) mass is 314 g/mol. The Morgan fingerprint density at radius 2 is 1.91 bits per heavy atom. The van der Waals surface area contributed by atoms with E-state index in [9.17, 15) is 9.59 Å². The molecule has 1 aromatic carbocycles. The smallest absolute Gasteiger partial charge is 0.270 e. The third kappa shape index (κ3) is 3.21. The molecule has 0 radical (unpaired) electrons. The highest BCUT2D eigenvalue weighted by Gasteiger charge is 2.17. The van der Waals surface area contributed by atoms with E-state index in [1.165, 1.54) is 6.92 Å². The number of fused-ring (bicyclic) bond motifs is 1. The van der Waals surface area contributed by atoms with Crippen molar-refractivity contribution in [3.05, 3.63) is 47.3 Å². The van der Waals surface area contributed by atoms with Crippen LogP contribution in [0.25, 0.3) is 0 Å². The molecule has 2 aromatic rings. The van der Waals surface area contributed by atoms with E-state index >= 15 is 0 Å². The standard InChI is InChI=1S/C17H18N2O4/c1-11(20)13-8-14(18-9-13)17(21)19(2)10-12-3-4-15-16(7-12)23-6-5-22-15/h3-4,7-9,18H,5-6,10H2,1-2H3. The molecule has 0 unspecified atom stereocenters. The lowest BCUT2D eigenvalue weighted by Gasteiger charge is -2.21. The van der Waals surface area contributed by atoms with Gasteiger partial charge in [-0.15, -0.1) is 0 Å². The Bertz CT molecular complexity index is 751. The van der Waals surface area contributed by atoms with Crippen molar-refractivity contribution in [1.29, 1.82) is 0 Å². The van der Waals surface area contributed by atoms with Gasteiger partial charge in [0.25, 0.3) is 5.91 Å². The van der Waals surface area contributed by atoms with Gasteiger partial charge in [-0.25, -0.2) is 0 Å². The number of rotatable bonds is 4. The van der Waals surface area contributed by atoms with Gasteiger partial charge in [0.1, 0.15) is 18.9 Å². The number of aromatic nitrogens is 1. The van der Waals surface area contributed by atoms with Gasteiger partial charge in [0, 0.05) is 25.4 Å². The number of ether oxygens (including phenoxy) is 2. The zero-order chi connectivity index (χ0) is 16.4. The maximum absolute atomic E-state index is 12.4. The summed E-state index contributed by atoms with van der Waals surface area (Å²) in [6, 6.07) is 7.22. The van der Waals surface area contributed by atoms with Crippen LogP contribution in [0, 0.1) is 0 Å². The van der Waals surface area contributed by atoms with E-state index in [4.69, 9.17) is 9.47 Å². The van der Waals surface area contributed by atoms with E-state index in [2.05, 4.69) is 4.98 Å². The van der Waals surface area contributed by atoms with E-state index in [1.807, 2.05) is 18.2 Å². The maximum atomic E-state index is 12.4. The molecule has 3 rings (SSSR count). The van der Waals surface area contributed by atoms with Crippen molar-refractivity contribution in [3.63, 3.8) is 0 Å². The van der Waals surface area contributed by atoms with Gasteiger partial charge in [0.2, 0.25) is 0 Å². The van der Waals surface area contributed by atoms with E-state index < -0.39 is 0 Å². The van der Waals surface area contributed by atoms with Crippen molar-refractivity contribution in [2.24, 2.45) is 0 Å². The molecule has 1 N–H and O–H groups in total. The van der Waals surface area contributed by atoms with Crippen LogP contribution in [0.15, 0.2) is 30.5 Å². The fourth-order valence-corrected chi connectivity index (χ4v) is 2.46. The van der Waals surface area contributed by atoms with Gasteiger partial charge in [-0.2, -0.15) is 0 Å². The molecule has 23 heavy (non-hydrogen) atoms. The van der Waals surface area contributed by atoms with Crippen LogP contribution in [0.2, 0.25) is 0 Å². The number of carbonyl (C=O) groups is 2. The summed E-state index contributed by atoms with van der Waals surface area (Å²) < 4.78 is 11.0. The first kappa shape index (κ1) is 15.1. The molecule has 1 aliphatic heterocycles. The number of nitrogens with zero attached hydrogens (tertiary/aromatic N) is 1. The SMILES string of the molecule is CC(=O)c1c[nH]c(C(=O)N(C)Cc2ccc3c(c2)OCCO3)c1. The summed E-state index contributed by atoms with van der Waals surface area (Å²) in [6.07, 6.45) is 1.55. The predicted molar refractivity (Wildman–Crippen MR) is 84.0 cm³/mol. The molecule has 1 aliphatic rings. The Labute approximate surface area is 134 Å². The first-order chi connectivity index (χ1) is 11.0. The third-order valence-electron chi connectivity index (χ3n) is 3.69. The van der Waals surface area contributed by atoms with Crippen molar-refractivity contribution in [2.75, 3.05) is 20.3 Å². The summed E-state index contributed by atoms with van der Waals surface area (Å²) in [5.41, 5.74) is 1.85. The van der Waals surface area contributed by atoms with Crippen LogP contribution in [0.1, 0.15) is 33.3 Å². The molecule has 6 nitrogen and oxygen atoms in total. The Morgan fingerprint density at radius 3 is 2.61 bits per heavy atom. The molecule has 2 heterocycles. The molecule has 0 bridgehead atoms. The van der Waals surface area contributed by atoms with Gasteiger partial charge in [0.15, 0.2) is 17.3 Å². The fourth-order valence-electron chi connectivity index (χ4n) is 2.46. The van der Waals surface area contributed by atoms with Crippen LogP contribution in [0.3, 0.4) is 0 Å². The predicted octanol–water partition coefficient (Wildman–Crippen LogP) is 2.26. The minimum absolute atomic E-state index is 0.0743. The molecule has 6 heteroatoms. The topological polar surface area (TPSA) is 71.6 Å². The van der Waals surface area contributed by atoms with Crippen LogP contribution in [-0.2, 0) is 6.54 Å². The summed E-state index contributed by atoms with van der Waals surface area (Å²) >= 11 is 0. The minimum Gasteiger partial charge on any atom is -0.486 e. The summed E-state index contributed by atoms with van der Waals surface area (Å²) in [5, 5.41) is 0. The summed E-state index contributed by atoms with van der Waals surface area (Å²) in [7, 11) is 1.72. The van der Waals surface area contributed by atoms with Gasteiger partial charge >= 0.3 is 0 Å². The number of carbonyl (C=O) groups excluding carboxylic acids is 2. The van der Waals surface area contributed by atoms with Gasteiger partial charge in [0.05, 0.1) is 0 Å². The Hall–Kier alpha value is -2.76. The molecule has 1 aromatic heterocycles. The highest BCUT2D eigenvalue weighted by atomic mass is 16.6. The van der Waals surface area contributed by atoms with Crippen molar-refractivity contribution in [1.82, 2.24) is 9.88 Å². The number of nitrogens with one attached hydrogen (secondary N) is 1. The minimum atomic E-state index is -0.174. The zero-order valence-electron chi connectivity index (χ0n) is 13.1. The third-order valence-corrected chi connectivity index (χ3v) is 3.69. The Morgan fingerprint density at radius 1 is 1.17 bits per heavy atom. The zero-order valence-corrected chi connectivity index (χ0v) is 13.1. The molecule has 0 saturated heterocycles. The molecule has 0 aliphatic carbocycles. The number of amides is 1. The van der Waals surface area contributed by atoms with Crippen LogP contribution < -0.4 is 9.47 Å². The average molecular weight is 314 g/mol. The van der Waals surface area contributed by atoms with Gasteiger partial charge in [-0.05, 0) is 30.7 Å². The first-order valence-electron chi connectivity index (χ1n) is 7.38. The lowest BCUT2D eigenvalue weighted by atomic mass is 10.1. The molecule has 1 amide bonds. The number of aromatic amines is 1. The Balaban J connectivity index is 1.71. The largest absolute Gasteiger partial charge is 0.486 e. The van der Waals surface area contributed by atoms with Crippen molar-refractivity contribution >= 4 is 11.7 Å². The second kappa shape index (κ2) is 6.16. The maximum Gasteiger partial charge on any atom is 0.270 e. The van der Waals surface area contributed by atoms with Crippen molar-refractivity contribution in [3.8, 4) is 11.5 Å². The first-order valence-corrected chi connectivity index (χ1v) is 7.38. The number of ketones is 1. The number of Topliss-reactive ketones (excluding diaryl/α,β-unsaturated/α-hetero) is 1. The average Bonchev–Trinajstić information content (AvgIpc) is 3.04. The number of hydrogen-bond donors (Lipinski definition) is 1. The molecule has 0 fully saturated rings. The molecule has 0 saturated carbocycles. The second-order valence-corrected chi connectivity index (χ2v) is 5.50. The van der Waals surface area contributed by atoms with Crippen molar-refractivity contribution < 1.29 is 19.1 Å². The highest BCUT2D eigenvalue weighted by molar-refractivity contribution is 5.98. The molecule has 120 valence electrons. The van der Waals surface area contributed by atoms with Gasteiger partial charge in [-0.1, -0.05) is 6.07 Å². The van der Waals surface area contributed by atoms with Crippen LogP contribution >= 0.6 is 0 Å². The molecule has 0 spiro atoms. The molecular weight excluding hydrogens is 296 g/mol. The molecular formula is C17H18N2O4.